The molecular formula is C13H11FOS. The normalized spacial score (nSPS) is 10.3. The SMILES string of the molecule is O=C(Cc1cccc(F)c1)Cc1cccs1. The number of carbonyl (C=O) groups is 1. The lowest BCUT2D eigenvalue weighted by Crippen LogP contribution is -2.05. The fourth-order valence-corrected chi connectivity index (χ4v) is 2.28. The summed E-state index contributed by atoms with van der Waals surface area (Å²) in [4.78, 5) is 12.7. The zero-order valence-corrected chi connectivity index (χ0v) is 9.47. The molecule has 1 nitrogen and oxygen atoms in total. The molecule has 0 fully saturated rings. The molecule has 2 aromatic rings. The van der Waals surface area contributed by atoms with Crippen LogP contribution in [0.15, 0.2) is 41.8 Å². The molecule has 1 aromatic carbocycles. The molecule has 82 valence electrons. The van der Waals surface area contributed by atoms with Crippen molar-refractivity contribution in [3.63, 3.8) is 0 Å². The number of thiophene rings is 1. The van der Waals surface area contributed by atoms with Gasteiger partial charge < -0.3 is 0 Å². The summed E-state index contributed by atoms with van der Waals surface area (Å²) in [5.74, 6) is -0.172. The van der Waals surface area contributed by atoms with Crippen LogP contribution in [0.5, 0.6) is 0 Å². The molecule has 0 saturated carbocycles. The van der Waals surface area contributed by atoms with Crippen molar-refractivity contribution in [1.29, 1.82) is 0 Å². The molecule has 0 radical (unpaired) electrons. The van der Waals surface area contributed by atoms with E-state index in [-0.39, 0.29) is 11.6 Å². The first-order valence-electron chi connectivity index (χ1n) is 5.02. The Kier molecular flexibility index (Phi) is 3.47. The molecule has 1 aromatic heterocycles. The molecule has 3 heteroatoms. The zero-order chi connectivity index (χ0) is 11.4. The number of rotatable bonds is 4. The molecule has 1 heterocycles. The van der Waals surface area contributed by atoms with E-state index in [9.17, 15) is 9.18 Å². The topological polar surface area (TPSA) is 17.1 Å². The highest BCUT2D eigenvalue weighted by Gasteiger charge is 2.06. The van der Waals surface area contributed by atoms with Crippen LogP contribution in [0, 0.1) is 5.82 Å². The fourth-order valence-electron chi connectivity index (χ4n) is 1.54. The van der Waals surface area contributed by atoms with Gasteiger partial charge in [-0.05, 0) is 29.1 Å². The lowest BCUT2D eigenvalue weighted by atomic mass is 10.1. The first-order valence-corrected chi connectivity index (χ1v) is 5.90. The Bertz CT molecular complexity index is 476. The van der Waals surface area contributed by atoms with Crippen molar-refractivity contribution in [1.82, 2.24) is 0 Å². The predicted octanol–water partition coefficient (Wildman–Crippen LogP) is 3.24. The van der Waals surface area contributed by atoms with Crippen LogP contribution in [0.1, 0.15) is 10.4 Å². The molecule has 0 aliphatic carbocycles. The highest BCUT2D eigenvalue weighted by Crippen LogP contribution is 2.11. The van der Waals surface area contributed by atoms with Gasteiger partial charge in [0, 0.05) is 17.7 Å². The van der Waals surface area contributed by atoms with E-state index in [4.69, 9.17) is 0 Å². The summed E-state index contributed by atoms with van der Waals surface area (Å²) in [5.41, 5.74) is 0.738. The van der Waals surface area contributed by atoms with E-state index in [2.05, 4.69) is 0 Å². The molecule has 0 aliphatic rings. The lowest BCUT2D eigenvalue weighted by Gasteiger charge is -2.00. The minimum absolute atomic E-state index is 0.119. The van der Waals surface area contributed by atoms with E-state index < -0.39 is 0 Å². The number of carbonyl (C=O) groups excluding carboxylic acids is 1. The van der Waals surface area contributed by atoms with Gasteiger partial charge in [0.05, 0.1) is 0 Å². The monoisotopic (exact) mass is 234 g/mol. The molecule has 16 heavy (non-hydrogen) atoms. The zero-order valence-electron chi connectivity index (χ0n) is 8.65. The van der Waals surface area contributed by atoms with Crippen molar-refractivity contribution in [2.75, 3.05) is 0 Å². The van der Waals surface area contributed by atoms with E-state index >= 15 is 0 Å². The Morgan fingerprint density at radius 2 is 2.06 bits per heavy atom. The van der Waals surface area contributed by atoms with E-state index in [1.807, 2.05) is 17.5 Å². The summed E-state index contributed by atoms with van der Waals surface area (Å²) in [6.07, 6.45) is 0.740. The maximum Gasteiger partial charge on any atom is 0.142 e. The van der Waals surface area contributed by atoms with E-state index in [0.717, 1.165) is 10.4 Å². The quantitative estimate of drug-likeness (QED) is 0.793. The number of Topliss-reactive ketones (excluding diaryl/α,β-unsaturated/α-hetero) is 1. The van der Waals surface area contributed by atoms with Crippen LogP contribution in [0.25, 0.3) is 0 Å². The Morgan fingerprint density at radius 1 is 1.19 bits per heavy atom. The van der Waals surface area contributed by atoms with Gasteiger partial charge in [-0.1, -0.05) is 18.2 Å². The number of halogens is 1. The maximum absolute atomic E-state index is 12.9. The second-order valence-corrected chi connectivity index (χ2v) is 4.63. The second-order valence-electron chi connectivity index (χ2n) is 3.60. The first-order chi connectivity index (χ1) is 7.74. The number of ketones is 1. The third-order valence-corrected chi connectivity index (χ3v) is 3.12. The summed E-state index contributed by atoms with van der Waals surface area (Å²) in [7, 11) is 0. The van der Waals surface area contributed by atoms with Gasteiger partial charge in [0.25, 0.3) is 0 Å². The largest absolute Gasteiger partial charge is 0.299 e. The third kappa shape index (κ3) is 3.00. The summed E-state index contributed by atoms with van der Waals surface area (Å²) in [6.45, 7) is 0. The average molecular weight is 234 g/mol. The van der Waals surface area contributed by atoms with Crippen LogP contribution < -0.4 is 0 Å². The first kappa shape index (κ1) is 11.0. The third-order valence-electron chi connectivity index (χ3n) is 2.24. The number of benzene rings is 1. The number of hydrogen-bond donors (Lipinski definition) is 0. The molecule has 0 unspecified atom stereocenters. The smallest absolute Gasteiger partial charge is 0.142 e. The van der Waals surface area contributed by atoms with Crippen LogP contribution in [0.2, 0.25) is 0 Å². The molecule has 0 atom stereocenters. The van der Waals surface area contributed by atoms with Crippen molar-refractivity contribution in [2.24, 2.45) is 0 Å². The van der Waals surface area contributed by atoms with Crippen LogP contribution >= 0.6 is 11.3 Å². The van der Waals surface area contributed by atoms with E-state index in [0.29, 0.717) is 12.8 Å². The van der Waals surface area contributed by atoms with Crippen molar-refractivity contribution in [3.8, 4) is 0 Å². The van der Waals surface area contributed by atoms with Gasteiger partial charge in [-0.3, -0.25) is 4.79 Å². The molecule has 0 bridgehead atoms. The van der Waals surface area contributed by atoms with E-state index in [1.54, 1.807) is 23.5 Å². The lowest BCUT2D eigenvalue weighted by molar-refractivity contribution is -0.117. The van der Waals surface area contributed by atoms with Crippen molar-refractivity contribution >= 4 is 17.1 Å². The van der Waals surface area contributed by atoms with Gasteiger partial charge in [0.1, 0.15) is 11.6 Å². The fraction of sp³-hybridized carbons (Fsp3) is 0.154. The van der Waals surface area contributed by atoms with Crippen LogP contribution in [-0.2, 0) is 17.6 Å². The Balaban J connectivity index is 1.97. The van der Waals surface area contributed by atoms with Crippen LogP contribution in [-0.4, -0.2) is 5.78 Å². The molecule has 0 saturated heterocycles. The molecule has 2 rings (SSSR count). The summed E-state index contributed by atoms with van der Waals surface area (Å²) in [6, 6.07) is 10.1. The van der Waals surface area contributed by atoms with E-state index in [1.165, 1.54) is 12.1 Å². The standard InChI is InChI=1S/C13H11FOS/c14-11-4-1-3-10(7-11)8-12(15)9-13-5-2-6-16-13/h1-7H,8-9H2. The maximum atomic E-state index is 12.9. The van der Waals surface area contributed by atoms with Gasteiger partial charge in [0.2, 0.25) is 0 Å². The highest BCUT2D eigenvalue weighted by atomic mass is 32.1. The summed E-state index contributed by atoms with van der Waals surface area (Å²) < 4.78 is 12.9. The van der Waals surface area contributed by atoms with Crippen molar-refractivity contribution in [2.45, 2.75) is 12.8 Å². The van der Waals surface area contributed by atoms with Gasteiger partial charge in [0.15, 0.2) is 0 Å². The second kappa shape index (κ2) is 5.03. The Morgan fingerprint density at radius 3 is 2.75 bits per heavy atom. The highest BCUT2D eigenvalue weighted by molar-refractivity contribution is 7.10. The van der Waals surface area contributed by atoms with Crippen LogP contribution in [0.4, 0.5) is 4.39 Å². The van der Waals surface area contributed by atoms with Gasteiger partial charge in [-0.15, -0.1) is 11.3 Å². The summed E-state index contributed by atoms with van der Waals surface area (Å²) in [5, 5.41) is 1.95. The average Bonchev–Trinajstić information content (AvgIpc) is 2.70. The molecule has 0 spiro atoms. The predicted molar refractivity (Wildman–Crippen MR) is 63.1 cm³/mol. The molecular weight excluding hydrogens is 223 g/mol. The minimum atomic E-state index is -0.290. The van der Waals surface area contributed by atoms with Crippen molar-refractivity contribution in [3.05, 3.63) is 58.0 Å². The van der Waals surface area contributed by atoms with Crippen molar-refractivity contribution < 1.29 is 9.18 Å². The molecule has 0 N–H and O–H groups in total. The van der Waals surface area contributed by atoms with Gasteiger partial charge >= 0.3 is 0 Å². The molecule has 0 aliphatic heterocycles. The Hall–Kier alpha value is -1.48. The van der Waals surface area contributed by atoms with Gasteiger partial charge in [-0.2, -0.15) is 0 Å². The van der Waals surface area contributed by atoms with Gasteiger partial charge in [-0.25, -0.2) is 4.39 Å². The molecule has 0 amide bonds. The Labute approximate surface area is 97.6 Å². The summed E-state index contributed by atoms with van der Waals surface area (Å²) >= 11 is 1.57. The van der Waals surface area contributed by atoms with Crippen LogP contribution in [0.3, 0.4) is 0 Å². The number of hydrogen-bond acceptors (Lipinski definition) is 2. The minimum Gasteiger partial charge on any atom is -0.299 e.